The Morgan fingerprint density at radius 2 is 1.95 bits per heavy atom. The van der Waals surface area contributed by atoms with Crippen LogP contribution in [0.2, 0.25) is 0 Å². The summed E-state index contributed by atoms with van der Waals surface area (Å²) in [6.45, 7) is 6.58. The Kier molecular flexibility index (Phi) is 6.14. The molecule has 0 spiro atoms. The van der Waals surface area contributed by atoms with E-state index in [4.69, 9.17) is 9.84 Å². The first-order valence-corrected chi connectivity index (χ1v) is 7.21. The van der Waals surface area contributed by atoms with Gasteiger partial charge in [-0.25, -0.2) is 4.79 Å². The van der Waals surface area contributed by atoms with Crippen LogP contribution in [0.5, 0.6) is 0 Å². The lowest BCUT2D eigenvalue weighted by molar-refractivity contribution is -0.137. The van der Waals surface area contributed by atoms with Crippen LogP contribution in [-0.4, -0.2) is 41.8 Å². The molecular weight excluding hydrogens is 276 g/mol. The third-order valence-electron chi connectivity index (χ3n) is 3.90. The number of hydrogen-bond donors (Lipinski definition) is 3. The van der Waals surface area contributed by atoms with Crippen LogP contribution >= 0.6 is 0 Å². The fraction of sp³-hybridized carbons (Fsp3) is 0.786. The van der Waals surface area contributed by atoms with Crippen molar-refractivity contribution in [1.82, 2.24) is 10.6 Å². The second kappa shape index (κ2) is 7.40. The van der Waals surface area contributed by atoms with Crippen molar-refractivity contribution in [2.75, 3.05) is 6.61 Å². The molecule has 1 fully saturated rings. The van der Waals surface area contributed by atoms with Gasteiger partial charge in [-0.1, -0.05) is 13.8 Å². The Bertz CT molecular complexity index is 408. The molecule has 3 amide bonds. The number of carboxylic acids is 1. The molecular formula is C14H24N2O5. The van der Waals surface area contributed by atoms with Crippen LogP contribution in [0, 0.1) is 5.41 Å². The Balaban J connectivity index is 2.28. The van der Waals surface area contributed by atoms with E-state index in [1.807, 2.05) is 20.8 Å². The second-order valence-corrected chi connectivity index (χ2v) is 5.82. The third kappa shape index (κ3) is 5.00. The molecule has 0 heterocycles. The van der Waals surface area contributed by atoms with Crippen LogP contribution in [0.25, 0.3) is 0 Å². The molecule has 1 aliphatic carbocycles. The number of imide groups is 1. The number of nitrogens with one attached hydrogen (secondary N) is 2. The highest BCUT2D eigenvalue weighted by Gasteiger charge is 2.49. The summed E-state index contributed by atoms with van der Waals surface area (Å²) in [6.07, 6.45) is 0.993. The zero-order valence-electron chi connectivity index (χ0n) is 12.8. The lowest BCUT2D eigenvalue weighted by Crippen LogP contribution is -2.63. The maximum Gasteiger partial charge on any atom is 0.321 e. The molecule has 0 aromatic heterocycles. The summed E-state index contributed by atoms with van der Waals surface area (Å²) in [7, 11) is 0. The van der Waals surface area contributed by atoms with Gasteiger partial charge in [0.2, 0.25) is 5.91 Å². The van der Waals surface area contributed by atoms with Crippen molar-refractivity contribution in [1.29, 1.82) is 0 Å². The normalized spacial score (nSPS) is 23.0. The van der Waals surface area contributed by atoms with Gasteiger partial charge in [-0.3, -0.25) is 14.9 Å². The van der Waals surface area contributed by atoms with E-state index in [1.54, 1.807) is 0 Å². The summed E-state index contributed by atoms with van der Waals surface area (Å²) < 4.78 is 5.57. The minimum Gasteiger partial charge on any atom is -0.481 e. The quantitative estimate of drug-likeness (QED) is 0.656. The standard InChI is InChI=1S/C14H24N2O5/c1-4-21-10-8-9(14(10,2)3)15-13(20)16-11(17)6-5-7-12(18)19/h9-10H,4-8H2,1-3H3,(H,18,19)(H2,15,16,17,20). The SMILES string of the molecule is CCOC1CC(NC(=O)NC(=O)CCCC(=O)O)C1(C)C. The first-order chi connectivity index (χ1) is 9.77. The van der Waals surface area contributed by atoms with Crippen LogP contribution in [-0.2, 0) is 14.3 Å². The summed E-state index contributed by atoms with van der Waals surface area (Å²) in [4.78, 5) is 33.5. The van der Waals surface area contributed by atoms with Crippen molar-refractivity contribution in [3.63, 3.8) is 0 Å². The van der Waals surface area contributed by atoms with Gasteiger partial charge in [0.15, 0.2) is 0 Å². The van der Waals surface area contributed by atoms with Gasteiger partial charge in [0.25, 0.3) is 0 Å². The van der Waals surface area contributed by atoms with Crippen LogP contribution in [0.15, 0.2) is 0 Å². The molecule has 21 heavy (non-hydrogen) atoms. The zero-order chi connectivity index (χ0) is 16.0. The van der Waals surface area contributed by atoms with Crippen molar-refractivity contribution < 1.29 is 24.2 Å². The van der Waals surface area contributed by atoms with E-state index in [2.05, 4.69) is 10.6 Å². The topological polar surface area (TPSA) is 105 Å². The van der Waals surface area contributed by atoms with Gasteiger partial charge >= 0.3 is 12.0 Å². The maximum atomic E-state index is 11.7. The van der Waals surface area contributed by atoms with Crippen molar-refractivity contribution in [3.05, 3.63) is 0 Å². The first-order valence-electron chi connectivity index (χ1n) is 7.21. The second-order valence-electron chi connectivity index (χ2n) is 5.82. The number of carbonyl (C=O) groups excluding carboxylic acids is 2. The number of carbonyl (C=O) groups is 3. The maximum absolute atomic E-state index is 11.7. The van der Waals surface area contributed by atoms with E-state index in [1.165, 1.54) is 0 Å². The fourth-order valence-corrected chi connectivity index (χ4v) is 2.40. The summed E-state index contributed by atoms with van der Waals surface area (Å²) in [5.74, 6) is -1.42. The summed E-state index contributed by atoms with van der Waals surface area (Å²) in [5.41, 5.74) is -0.167. The molecule has 2 atom stereocenters. The Labute approximate surface area is 124 Å². The molecule has 7 heteroatoms. The lowest BCUT2D eigenvalue weighted by Gasteiger charge is -2.51. The summed E-state index contributed by atoms with van der Waals surface area (Å²) in [5, 5.41) is 13.4. The van der Waals surface area contributed by atoms with Crippen LogP contribution < -0.4 is 10.6 Å². The summed E-state index contributed by atoms with van der Waals surface area (Å²) in [6, 6.07) is -0.579. The van der Waals surface area contributed by atoms with Gasteiger partial charge < -0.3 is 15.2 Å². The van der Waals surface area contributed by atoms with Gasteiger partial charge in [0.05, 0.1) is 6.10 Å². The van der Waals surface area contributed by atoms with Gasteiger partial charge in [-0.15, -0.1) is 0 Å². The minimum atomic E-state index is -0.953. The van der Waals surface area contributed by atoms with E-state index < -0.39 is 17.9 Å². The highest BCUT2D eigenvalue weighted by molar-refractivity contribution is 5.94. The Morgan fingerprint density at radius 3 is 2.48 bits per heavy atom. The number of ether oxygens (including phenoxy) is 1. The molecule has 0 bridgehead atoms. The summed E-state index contributed by atoms with van der Waals surface area (Å²) >= 11 is 0. The molecule has 1 aliphatic rings. The molecule has 7 nitrogen and oxygen atoms in total. The molecule has 1 saturated carbocycles. The van der Waals surface area contributed by atoms with E-state index in [0.29, 0.717) is 6.61 Å². The van der Waals surface area contributed by atoms with Gasteiger partial charge in [0, 0.05) is 30.9 Å². The largest absolute Gasteiger partial charge is 0.481 e. The van der Waals surface area contributed by atoms with Gasteiger partial charge in [0.1, 0.15) is 0 Å². The third-order valence-corrected chi connectivity index (χ3v) is 3.90. The average molecular weight is 300 g/mol. The lowest BCUT2D eigenvalue weighted by atomic mass is 9.64. The predicted octanol–water partition coefficient (Wildman–Crippen LogP) is 1.27. The molecule has 2 unspecified atom stereocenters. The number of aliphatic carboxylic acids is 1. The fourth-order valence-electron chi connectivity index (χ4n) is 2.40. The minimum absolute atomic E-state index is 0.0232. The van der Waals surface area contributed by atoms with Crippen LogP contribution in [0.1, 0.15) is 46.5 Å². The monoisotopic (exact) mass is 300 g/mol. The van der Waals surface area contributed by atoms with Crippen LogP contribution in [0.4, 0.5) is 4.79 Å². The molecule has 0 aromatic rings. The Morgan fingerprint density at radius 1 is 1.29 bits per heavy atom. The van der Waals surface area contributed by atoms with E-state index in [-0.39, 0.29) is 36.8 Å². The van der Waals surface area contributed by atoms with Crippen molar-refractivity contribution in [2.45, 2.75) is 58.6 Å². The van der Waals surface area contributed by atoms with Crippen molar-refractivity contribution >= 4 is 17.9 Å². The van der Waals surface area contributed by atoms with E-state index in [9.17, 15) is 14.4 Å². The van der Waals surface area contributed by atoms with Crippen molar-refractivity contribution in [3.8, 4) is 0 Å². The molecule has 1 rings (SSSR count). The highest BCUT2D eigenvalue weighted by atomic mass is 16.5. The van der Waals surface area contributed by atoms with Crippen LogP contribution in [0.3, 0.4) is 0 Å². The van der Waals surface area contributed by atoms with Gasteiger partial charge in [-0.05, 0) is 19.8 Å². The Hall–Kier alpha value is -1.63. The molecule has 0 radical (unpaired) electrons. The molecule has 120 valence electrons. The van der Waals surface area contributed by atoms with Gasteiger partial charge in [-0.2, -0.15) is 0 Å². The molecule has 0 aliphatic heterocycles. The molecule has 0 aromatic carbocycles. The molecule has 3 N–H and O–H groups in total. The predicted molar refractivity (Wildman–Crippen MR) is 75.8 cm³/mol. The van der Waals surface area contributed by atoms with E-state index in [0.717, 1.165) is 6.42 Å². The molecule has 0 saturated heterocycles. The first kappa shape index (κ1) is 17.4. The average Bonchev–Trinajstić information content (AvgIpc) is 2.37. The number of hydrogen-bond acceptors (Lipinski definition) is 4. The zero-order valence-corrected chi connectivity index (χ0v) is 12.8. The highest BCUT2D eigenvalue weighted by Crippen LogP contribution is 2.42. The number of urea groups is 1. The van der Waals surface area contributed by atoms with E-state index >= 15 is 0 Å². The van der Waals surface area contributed by atoms with Crippen molar-refractivity contribution in [2.24, 2.45) is 5.41 Å². The number of carboxylic acid groups (broad SMARTS) is 1. The smallest absolute Gasteiger partial charge is 0.321 e. The number of rotatable bonds is 7. The number of amides is 3.